The van der Waals surface area contributed by atoms with Gasteiger partial charge in [0.1, 0.15) is 0 Å². The van der Waals surface area contributed by atoms with Crippen molar-refractivity contribution in [3.05, 3.63) is 22.4 Å². The van der Waals surface area contributed by atoms with Crippen molar-refractivity contribution < 1.29 is 4.79 Å². The molecule has 3 rings (SSSR count). The first-order valence-electron chi connectivity index (χ1n) is 7.61. The topological polar surface area (TPSA) is 35.6 Å². The number of carbonyl (C=O) groups is 1. The van der Waals surface area contributed by atoms with Crippen LogP contribution in [-0.2, 0) is 6.54 Å². The van der Waals surface area contributed by atoms with E-state index >= 15 is 0 Å². The van der Waals surface area contributed by atoms with Crippen LogP contribution in [0.25, 0.3) is 0 Å². The van der Waals surface area contributed by atoms with Gasteiger partial charge in [0.2, 0.25) is 0 Å². The molecule has 2 fully saturated rings. The molecule has 1 atom stereocenters. The van der Waals surface area contributed by atoms with Crippen LogP contribution in [0.1, 0.15) is 31.2 Å². The predicted molar refractivity (Wildman–Crippen MR) is 82.0 cm³/mol. The van der Waals surface area contributed by atoms with Crippen LogP contribution in [0.15, 0.2) is 16.8 Å². The molecule has 0 aliphatic carbocycles. The van der Waals surface area contributed by atoms with E-state index in [9.17, 15) is 4.79 Å². The molecule has 1 aromatic rings. The summed E-state index contributed by atoms with van der Waals surface area (Å²) in [5, 5.41) is 7.20. The van der Waals surface area contributed by atoms with Gasteiger partial charge in [0.25, 0.3) is 0 Å². The Kier molecular flexibility index (Phi) is 4.58. The number of likely N-dealkylation sites (tertiary alicyclic amines) is 2. The number of thiophene rings is 1. The number of carbonyl (C=O) groups excluding carboxylic acids is 1. The average Bonchev–Trinajstić information content (AvgIpc) is 3.19. The monoisotopic (exact) mass is 293 g/mol. The third-order valence-corrected chi connectivity index (χ3v) is 5.06. The van der Waals surface area contributed by atoms with Gasteiger partial charge in [-0.25, -0.2) is 4.79 Å². The third kappa shape index (κ3) is 3.33. The third-order valence-electron chi connectivity index (χ3n) is 4.33. The molecule has 1 aromatic heterocycles. The average molecular weight is 293 g/mol. The summed E-state index contributed by atoms with van der Waals surface area (Å²) >= 11 is 1.67. The summed E-state index contributed by atoms with van der Waals surface area (Å²) in [6.45, 7) is 5.04. The van der Waals surface area contributed by atoms with Crippen LogP contribution >= 0.6 is 11.3 Å². The quantitative estimate of drug-likeness (QED) is 0.926. The molecule has 0 aromatic carbocycles. The lowest BCUT2D eigenvalue weighted by molar-refractivity contribution is 0.174. The smallest absolute Gasteiger partial charge is 0.317 e. The minimum atomic E-state index is 0.109. The van der Waals surface area contributed by atoms with E-state index < -0.39 is 0 Å². The molecule has 2 saturated heterocycles. The minimum Gasteiger partial charge on any atom is -0.334 e. The summed E-state index contributed by atoms with van der Waals surface area (Å²) in [4.78, 5) is 16.9. The molecule has 20 heavy (non-hydrogen) atoms. The van der Waals surface area contributed by atoms with Crippen LogP contribution in [0, 0.1) is 0 Å². The van der Waals surface area contributed by atoms with Crippen molar-refractivity contribution in [2.45, 2.75) is 38.3 Å². The summed E-state index contributed by atoms with van der Waals surface area (Å²) in [6, 6.07) is 2.59. The minimum absolute atomic E-state index is 0.109. The van der Waals surface area contributed by atoms with Crippen LogP contribution in [0.3, 0.4) is 0 Å². The van der Waals surface area contributed by atoms with Gasteiger partial charge in [-0.05, 0) is 61.2 Å². The first kappa shape index (κ1) is 13.9. The van der Waals surface area contributed by atoms with Crippen molar-refractivity contribution in [1.82, 2.24) is 15.1 Å². The molecule has 5 heteroatoms. The van der Waals surface area contributed by atoms with Gasteiger partial charge in [0.15, 0.2) is 0 Å². The van der Waals surface area contributed by atoms with Gasteiger partial charge in [-0.2, -0.15) is 11.3 Å². The first-order valence-corrected chi connectivity index (χ1v) is 8.55. The van der Waals surface area contributed by atoms with E-state index in [4.69, 9.17) is 0 Å². The molecule has 2 aliphatic heterocycles. The fourth-order valence-electron chi connectivity index (χ4n) is 3.23. The van der Waals surface area contributed by atoms with Crippen LogP contribution in [0.4, 0.5) is 4.79 Å². The van der Waals surface area contributed by atoms with Crippen LogP contribution < -0.4 is 5.32 Å². The maximum Gasteiger partial charge on any atom is 0.317 e. The Balaban J connectivity index is 1.50. The summed E-state index contributed by atoms with van der Waals surface area (Å²) in [7, 11) is 0. The normalized spacial score (nSPS) is 23.4. The Morgan fingerprint density at radius 3 is 2.90 bits per heavy atom. The van der Waals surface area contributed by atoms with Crippen molar-refractivity contribution in [1.29, 1.82) is 0 Å². The van der Waals surface area contributed by atoms with Gasteiger partial charge in [0, 0.05) is 25.7 Å². The molecule has 110 valence electrons. The zero-order valence-corrected chi connectivity index (χ0v) is 12.7. The number of rotatable bonds is 4. The highest BCUT2D eigenvalue weighted by molar-refractivity contribution is 7.07. The molecule has 0 radical (unpaired) electrons. The second-order valence-corrected chi connectivity index (χ2v) is 6.57. The summed E-state index contributed by atoms with van der Waals surface area (Å²) in [5.74, 6) is 0. The van der Waals surface area contributed by atoms with Gasteiger partial charge in [-0.1, -0.05) is 0 Å². The van der Waals surface area contributed by atoms with Crippen molar-refractivity contribution in [2.24, 2.45) is 0 Å². The first-order chi connectivity index (χ1) is 9.83. The van der Waals surface area contributed by atoms with Crippen LogP contribution in [0.2, 0.25) is 0 Å². The van der Waals surface area contributed by atoms with Gasteiger partial charge < -0.3 is 15.1 Å². The summed E-state index contributed by atoms with van der Waals surface area (Å²) in [6.07, 6.45) is 4.93. The second kappa shape index (κ2) is 6.59. The molecule has 0 bridgehead atoms. The molecular weight excluding hydrogens is 270 g/mol. The SMILES string of the molecule is O=C(NCc1ccsc1)N1CCC[C@H]1CN1CCCC1. The highest BCUT2D eigenvalue weighted by Crippen LogP contribution is 2.20. The van der Waals surface area contributed by atoms with E-state index in [2.05, 4.69) is 21.7 Å². The lowest BCUT2D eigenvalue weighted by atomic mass is 10.2. The predicted octanol–water partition coefficient (Wildman–Crippen LogP) is 2.52. The van der Waals surface area contributed by atoms with Gasteiger partial charge in [0.05, 0.1) is 0 Å². The van der Waals surface area contributed by atoms with Crippen molar-refractivity contribution >= 4 is 17.4 Å². The largest absolute Gasteiger partial charge is 0.334 e. The molecule has 0 saturated carbocycles. The summed E-state index contributed by atoms with van der Waals surface area (Å²) in [5.41, 5.74) is 1.19. The molecule has 2 amide bonds. The highest BCUT2D eigenvalue weighted by atomic mass is 32.1. The Labute approximate surface area is 124 Å². The number of hydrogen-bond donors (Lipinski definition) is 1. The molecular formula is C15H23N3OS. The molecule has 1 N–H and O–H groups in total. The second-order valence-electron chi connectivity index (χ2n) is 5.79. The van der Waals surface area contributed by atoms with E-state index in [1.807, 2.05) is 10.3 Å². The zero-order valence-electron chi connectivity index (χ0n) is 11.9. The van der Waals surface area contributed by atoms with E-state index in [0.717, 1.165) is 25.9 Å². The number of amides is 2. The van der Waals surface area contributed by atoms with E-state index in [-0.39, 0.29) is 6.03 Å². The lowest BCUT2D eigenvalue weighted by Gasteiger charge is -2.28. The van der Waals surface area contributed by atoms with Crippen LogP contribution in [-0.4, -0.2) is 48.1 Å². The van der Waals surface area contributed by atoms with Crippen molar-refractivity contribution in [3.63, 3.8) is 0 Å². The molecule has 2 aliphatic rings. The number of urea groups is 1. The van der Waals surface area contributed by atoms with Crippen LogP contribution in [0.5, 0.6) is 0 Å². The zero-order chi connectivity index (χ0) is 13.8. The van der Waals surface area contributed by atoms with E-state index in [0.29, 0.717) is 12.6 Å². The molecule has 3 heterocycles. The standard InChI is InChI=1S/C15H23N3OS/c19-15(16-10-13-5-9-20-12-13)18-8-3-4-14(18)11-17-6-1-2-7-17/h5,9,12,14H,1-4,6-8,10-11H2,(H,16,19)/t14-/m0/s1. The highest BCUT2D eigenvalue weighted by Gasteiger charge is 2.30. The van der Waals surface area contributed by atoms with Crippen molar-refractivity contribution in [3.8, 4) is 0 Å². The van der Waals surface area contributed by atoms with Gasteiger partial charge >= 0.3 is 6.03 Å². The number of nitrogens with zero attached hydrogens (tertiary/aromatic N) is 2. The summed E-state index contributed by atoms with van der Waals surface area (Å²) < 4.78 is 0. The number of hydrogen-bond acceptors (Lipinski definition) is 3. The Morgan fingerprint density at radius 1 is 1.30 bits per heavy atom. The Hall–Kier alpha value is -1.07. The van der Waals surface area contributed by atoms with E-state index in [1.54, 1.807) is 11.3 Å². The molecule has 0 spiro atoms. The Bertz CT molecular complexity index is 428. The molecule has 0 unspecified atom stereocenters. The Morgan fingerprint density at radius 2 is 2.15 bits per heavy atom. The van der Waals surface area contributed by atoms with Gasteiger partial charge in [-0.15, -0.1) is 0 Å². The fourth-order valence-corrected chi connectivity index (χ4v) is 3.90. The fraction of sp³-hybridized carbons (Fsp3) is 0.667. The van der Waals surface area contributed by atoms with Gasteiger partial charge in [-0.3, -0.25) is 0 Å². The number of nitrogens with one attached hydrogen (secondary N) is 1. The molecule has 4 nitrogen and oxygen atoms in total. The maximum absolute atomic E-state index is 12.3. The maximum atomic E-state index is 12.3. The van der Waals surface area contributed by atoms with Crippen molar-refractivity contribution in [2.75, 3.05) is 26.2 Å². The van der Waals surface area contributed by atoms with E-state index in [1.165, 1.54) is 31.5 Å². The lowest BCUT2D eigenvalue weighted by Crippen LogP contribution is -2.46.